The fourth-order valence-corrected chi connectivity index (χ4v) is 2.60. The van der Waals surface area contributed by atoms with Gasteiger partial charge in [-0.05, 0) is 42.2 Å². The topological polar surface area (TPSA) is 55.0 Å². The highest BCUT2D eigenvalue weighted by Crippen LogP contribution is 2.30. The Bertz CT molecular complexity index is 594. The van der Waals surface area contributed by atoms with E-state index in [1.807, 2.05) is 6.07 Å². The van der Waals surface area contributed by atoms with Crippen molar-refractivity contribution in [3.05, 3.63) is 41.6 Å². The van der Waals surface area contributed by atoms with E-state index < -0.39 is 0 Å². The van der Waals surface area contributed by atoms with Crippen LogP contribution in [0, 0.1) is 0 Å². The van der Waals surface area contributed by atoms with Crippen molar-refractivity contribution in [1.82, 2.24) is 10.2 Å². The molecule has 0 fully saturated rings. The standard InChI is InChI=1S/C15H18N4/c1-19-6-2-3-13-8-12(4-5-15(13)19)14-7-11(9-16)10-17-18-14/h4-5,7-8,10H,2-3,6,9,16H2,1H3. The van der Waals surface area contributed by atoms with E-state index in [2.05, 4.69) is 40.3 Å². The average molecular weight is 254 g/mol. The van der Waals surface area contributed by atoms with Crippen LogP contribution in [0.2, 0.25) is 0 Å². The molecule has 0 saturated heterocycles. The molecule has 4 heteroatoms. The SMILES string of the molecule is CN1CCCc2cc(-c3cc(CN)cnn3)ccc21. The summed E-state index contributed by atoms with van der Waals surface area (Å²) in [6.45, 7) is 1.63. The van der Waals surface area contributed by atoms with Crippen LogP contribution in [0.15, 0.2) is 30.5 Å². The number of fused-ring (bicyclic) bond motifs is 1. The minimum Gasteiger partial charge on any atom is -0.374 e. The Hall–Kier alpha value is -1.94. The summed E-state index contributed by atoms with van der Waals surface area (Å²) in [4.78, 5) is 2.31. The van der Waals surface area contributed by atoms with Crippen molar-refractivity contribution < 1.29 is 0 Å². The molecule has 0 saturated carbocycles. The molecule has 2 aromatic rings. The Labute approximate surface area is 113 Å². The maximum atomic E-state index is 5.65. The zero-order valence-electron chi connectivity index (χ0n) is 11.1. The number of anilines is 1. The summed E-state index contributed by atoms with van der Waals surface area (Å²) in [5.74, 6) is 0. The van der Waals surface area contributed by atoms with E-state index in [9.17, 15) is 0 Å². The van der Waals surface area contributed by atoms with Crippen LogP contribution in [-0.4, -0.2) is 23.8 Å². The number of rotatable bonds is 2. The lowest BCUT2D eigenvalue weighted by molar-refractivity contribution is 0.744. The molecular weight excluding hydrogens is 236 g/mol. The van der Waals surface area contributed by atoms with Gasteiger partial charge in [0.15, 0.2) is 0 Å². The molecule has 1 aromatic carbocycles. The lowest BCUT2D eigenvalue weighted by Crippen LogP contribution is -2.24. The van der Waals surface area contributed by atoms with Crippen molar-refractivity contribution in [2.75, 3.05) is 18.5 Å². The molecule has 2 N–H and O–H groups in total. The van der Waals surface area contributed by atoms with Crippen molar-refractivity contribution >= 4 is 5.69 Å². The summed E-state index contributed by atoms with van der Waals surface area (Å²) in [5.41, 5.74) is 11.4. The third-order valence-electron chi connectivity index (χ3n) is 3.67. The zero-order chi connectivity index (χ0) is 13.2. The normalized spacial score (nSPS) is 14.3. The van der Waals surface area contributed by atoms with Crippen molar-refractivity contribution in [3.63, 3.8) is 0 Å². The monoisotopic (exact) mass is 254 g/mol. The van der Waals surface area contributed by atoms with Crippen molar-refractivity contribution in [2.24, 2.45) is 5.73 Å². The molecular formula is C15H18N4. The summed E-state index contributed by atoms with van der Waals surface area (Å²) in [5, 5.41) is 8.22. The summed E-state index contributed by atoms with van der Waals surface area (Å²) in [7, 11) is 2.15. The number of hydrogen-bond acceptors (Lipinski definition) is 4. The maximum Gasteiger partial charge on any atom is 0.0932 e. The lowest BCUT2D eigenvalue weighted by Gasteiger charge is -2.27. The van der Waals surface area contributed by atoms with E-state index >= 15 is 0 Å². The van der Waals surface area contributed by atoms with Crippen molar-refractivity contribution in [2.45, 2.75) is 19.4 Å². The van der Waals surface area contributed by atoms with Gasteiger partial charge >= 0.3 is 0 Å². The van der Waals surface area contributed by atoms with Gasteiger partial charge in [0.2, 0.25) is 0 Å². The molecule has 4 nitrogen and oxygen atoms in total. The fourth-order valence-electron chi connectivity index (χ4n) is 2.60. The lowest BCUT2D eigenvalue weighted by atomic mass is 9.98. The molecule has 1 aromatic heterocycles. The van der Waals surface area contributed by atoms with Gasteiger partial charge in [-0.1, -0.05) is 6.07 Å². The second kappa shape index (κ2) is 4.97. The highest BCUT2D eigenvalue weighted by atomic mass is 15.1. The van der Waals surface area contributed by atoms with Crippen molar-refractivity contribution in [3.8, 4) is 11.3 Å². The number of aryl methyl sites for hydroxylation is 1. The average Bonchev–Trinajstić information content (AvgIpc) is 2.47. The number of benzene rings is 1. The van der Waals surface area contributed by atoms with Gasteiger partial charge in [-0.15, -0.1) is 0 Å². The molecule has 3 rings (SSSR count). The number of nitrogens with two attached hydrogens (primary N) is 1. The third-order valence-corrected chi connectivity index (χ3v) is 3.67. The number of aromatic nitrogens is 2. The van der Waals surface area contributed by atoms with Crippen LogP contribution in [0.1, 0.15) is 17.5 Å². The molecule has 0 spiro atoms. The van der Waals surface area contributed by atoms with Gasteiger partial charge in [-0.25, -0.2) is 0 Å². The molecule has 0 radical (unpaired) electrons. The molecule has 0 bridgehead atoms. The second-order valence-electron chi connectivity index (χ2n) is 5.02. The van der Waals surface area contributed by atoms with Gasteiger partial charge < -0.3 is 10.6 Å². The maximum absolute atomic E-state index is 5.65. The Kier molecular flexibility index (Phi) is 3.17. The van der Waals surface area contributed by atoms with E-state index in [1.54, 1.807) is 6.20 Å². The van der Waals surface area contributed by atoms with Gasteiger partial charge in [0.25, 0.3) is 0 Å². The van der Waals surface area contributed by atoms with E-state index in [0.29, 0.717) is 6.54 Å². The zero-order valence-corrected chi connectivity index (χ0v) is 11.1. The summed E-state index contributed by atoms with van der Waals surface area (Å²) in [6, 6.07) is 8.54. The first-order valence-corrected chi connectivity index (χ1v) is 6.64. The van der Waals surface area contributed by atoms with Gasteiger partial charge in [-0.2, -0.15) is 10.2 Å². The van der Waals surface area contributed by atoms with E-state index in [4.69, 9.17) is 5.73 Å². The predicted molar refractivity (Wildman–Crippen MR) is 77.0 cm³/mol. The highest BCUT2D eigenvalue weighted by Gasteiger charge is 2.14. The van der Waals surface area contributed by atoms with Crippen LogP contribution in [0.5, 0.6) is 0 Å². The van der Waals surface area contributed by atoms with Crippen molar-refractivity contribution in [1.29, 1.82) is 0 Å². The van der Waals surface area contributed by atoms with Crippen LogP contribution in [-0.2, 0) is 13.0 Å². The Morgan fingerprint density at radius 2 is 2.21 bits per heavy atom. The van der Waals surface area contributed by atoms with Crippen LogP contribution in [0.4, 0.5) is 5.69 Å². The Balaban J connectivity index is 2.01. The summed E-state index contributed by atoms with van der Waals surface area (Å²) in [6.07, 6.45) is 4.06. The highest BCUT2D eigenvalue weighted by molar-refractivity contribution is 5.67. The van der Waals surface area contributed by atoms with Gasteiger partial charge in [0, 0.05) is 31.4 Å². The number of hydrogen-bond donors (Lipinski definition) is 1. The molecule has 1 aliphatic heterocycles. The minimum absolute atomic E-state index is 0.496. The molecule has 0 amide bonds. The first-order chi connectivity index (χ1) is 9.28. The molecule has 2 heterocycles. The van der Waals surface area contributed by atoms with Crippen LogP contribution < -0.4 is 10.6 Å². The Morgan fingerprint density at radius 3 is 3.05 bits per heavy atom. The van der Waals surface area contributed by atoms with Gasteiger partial charge in [0.05, 0.1) is 11.9 Å². The first kappa shape index (κ1) is 12.1. The molecule has 19 heavy (non-hydrogen) atoms. The van der Waals surface area contributed by atoms with Gasteiger partial charge in [-0.3, -0.25) is 0 Å². The first-order valence-electron chi connectivity index (χ1n) is 6.64. The minimum atomic E-state index is 0.496. The third kappa shape index (κ3) is 2.31. The number of nitrogens with zero attached hydrogens (tertiary/aromatic N) is 3. The molecule has 0 unspecified atom stereocenters. The van der Waals surface area contributed by atoms with E-state index in [1.165, 1.54) is 17.7 Å². The second-order valence-corrected chi connectivity index (χ2v) is 5.02. The molecule has 0 atom stereocenters. The largest absolute Gasteiger partial charge is 0.374 e. The van der Waals surface area contributed by atoms with Gasteiger partial charge in [0.1, 0.15) is 0 Å². The fraction of sp³-hybridized carbons (Fsp3) is 0.333. The molecule has 1 aliphatic rings. The van der Waals surface area contributed by atoms with Crippen LogP contribution >= 0.6 is 0 Å². The Morgan fingerprint density at radius 1 is 1.32 bits per heavy atom. The van der Waals surface area contributed by atoms with Crippen LogP contribution in [0.25, 0.3) is 11.3 Å². The molecule has 98 valence electrons. The summed E-state index contributed by atoms with van der Waals surface area (Å²) >= 11 is 0. The summed E-state index contributed by atoms with van der Waals surface area (Å²) < 4.78 is 0. The predicted octanol–water partition coefficient (Wildman–Crippen LogP) is 1.98. The van der Waals surface area contributed by atoms with E-state index in [0.717, 1.165) is 29.8 Å². The quantitative estimate of drug-likeness (QED) is 0.890. The van der Waals surface area contributed by atoms with E-state index in [-0.39, 0.29) is 0 Å². The smallest absolute Gasteiger partial charge is 0.0932 e. The van der Waals surface area contributed by atoms with Crippen LogP contribution in [0.3, 0.4) is 0 Å². The molecule has 0 aliphatic carbocycles.